The van der Waals surface area contributed by atoms with Crippen LogP contribution in [0, 0.1) is 11.3 Å². The molecule has 0 heterocycles. The maximum Gasteiger partial charge on any atom is 0.104 e. The third kappa shape index (κ3) is 5.31. The fourth-order valence-electron chi connectivity index (χ4n) is 2.53. The lowest BCUT2D eigenvalue weighted by Gasteiger charge is -2.27. The molecule has 1 saturated carbocycles. The van der Waals surface area contributed by atoms with E-state index < -0.39 is 0 Å². The molecule has 2 nitrogen and oxygen atoms in total. The number of hydrogen-bond acceptors (Lipinski definition) is 3. The van der Waals surface area contributed by atoms with E-state index in [2.05, 4.69) is 37.0 Å². The minimum absolute atomic E-state index is 0.346. The Balaban J connectivity index is 2.35. The van der Waals surface area contributed by atoms with Gasteiger partial charge in [0.25, 0.3) is 0 Å². The third-order valence-electron chi connectivity index (χ3n) is 3.43. The first-order valence-corrected chi connectivity index (χ1v) is 7.85. The van der Waals surface area contributed by atoms with Crippen LogP contribution in [0.5, 0.6) is 0 Å². The first-order valence-electron chi connectivity index (χ1n) is 6.91. The summed E-state index contributed by atoms with van der Waals surface area (Å²) < 4.78 is 0. The van der Waals surface area contributed by atoms with Crippen LogP contribution >= 0.6 is 11.8 Å². The summed E-state index contributed by atoms with van der Waals surface area (Å²) in [5.74, 6) is 0. The Morgan fingerprint density at radius 3 is 2.65 bits per heavy atom. The van der Waals surface area contributed by atoms with E-state index in [4.69, 9.17) is 0 Å². The van der Waals surface area contributed by atoms with Crippen molar-refractivity contribution < 1.29 is 0 Å². The fourth-order valence-corrected chi connectivity index (χ4v) is 4.23. The molecule has 3 heteroatoms. The molecule has 0 bridgehead atoms. The van der Waals surface area contributed by atoms with Gasteiger partial charge < -0.3 is 0 Å². The van der Waals surface area contributed by atoms with Gasteiger partial charge in [-0.25, -0.2) is 0 Å². The Morgan fingerprint density at radius 2 is 2.12 bits per heavy atom. The molecule has 98 valence electrons. The molecule has 1 aliphatic rings. The van der Waals surface area contributed by atoms with Crippen LogP contribution in [-0.2, 0) is 0 Å². The van der Waals surface area contributed by atoms with Crippen LogP contribution in [0.25, 0.3) is 0 Å². The van der Waals surface area contributed by atoms with Crippen LogP contribution in [0.15, 0.2) is 0 Å². The van der Waals surface area contributed by atoms with Gasteiger partial charge in [0.15, 0.2) is 0 Å². The van der Waals surface area contributed by atoms with Gasteiger partial charge in [-0.1, -0.05) is 26.7 Å². The Kier molecular flexibility index (Phi) is 6.37. The minimum Gasteiger partial charge on any atom is -0.300 e. The standard InChI is InChI=1S/C14H26N2S/c1-4-9-16-14(3,11-15)10-12(2)17-13-7-5-6-8-13/h12-13,16H,4-10H2,1-3H3. The Bertz CT molecular complexity index is 255. The number of nitrogens with one attached hydrogen (secondary N) is 1. The van der Waals surface area contributed by atoms with Gasteiger partial charge in [-0.05, 0) is 39.2 Å². The van der Waals surface area contributed by atoms with Gasteiger partial charge in [-0.15, -0.1) is 0 Å². The van der Waals surface area contributed by atoms with E-state index in [0.29, 0.717) is 5.25 Å². The van der Waals surface area contributed by atoms with Crippen molar-refractivity contribution in [2.75, 3.05) is 6.54 Å². The zero-order valence-electron chi connectivity index (χ0n) is 11.5. The van der Waals surface area contributed by atoms with Crippen LogP contribution in [0.4, 0.5) is 0 Å². The first kappa shape index (κ1) is 14.9. The van der Waals surface area contributed by atoms with Crippen molar-refractivity contribution in [3.63, 3.8) is 0 Å². The molecule has 1 rings (SSSR count). The summed E-state index contributed by atoms with van der Waals surface area (Å²) in [4.78, 5) is 0. The summed E-state index contributed by atoms with van der Waals surface area (Å²) in [6, 6.07) is 2.44. The summed E-state index contributed by atoms with van der Waals surface area (Å²) in [7, 11) is 0. The van der Waals surface area contributed by atoms with Crippen molar-refractivity contribution >= 4 is 11.8 Å². The summed E-state index contributed by atoms with van der Waals surface area (Å²) in [6.45, 7) is 7.38. The molecule has 0 aliphatic heterocycles. The van der Waals surface area contributed by atoms with Crippen molar-refractivity contribution in [3.8, 4) is 6.07 Å². The van der Waals surface area contributed by atoms with Crippen molar-refractivity contribution in [2.45, 2.75) is 75.3 Å². The molecule has 0 saturated heterocycles. The summed E-state index contributed by atoms with van der Waals surface area (Å²) in [6.07, 6.45) is 7.58. The number of rotatable bonds is 7. The van der Waals surface area contributed by atoms with Gasteiger partial charge in [0, 0.05) is 10.5 Å². The van der Waals surface area contributed by atoms with Crippen molar-refractivity contribution in [3.05, 3.63) is 0 Å². The molecule has 0 spiro atoms. The van der Waals surface area contributed by atoms with E-state index in [0.717, 1.165) is 24.6 Å². The summed E-state index contributed by atoms with van der Waals surface area (Å²) in [5.41, 5.74) is -0.346. The molecule has 2 atom stereocenters. The molecule has 2 unspecified atom stereocenters. The van der Waals surface area contributed by atoms with E-state index in [1.54, 1.807) is 0 Å². The number of nitrogens with zero attached hydrogens (tertiary/aromatic N) is 1. The molecular formula is C14H26N2S. The topological polar surface area (TPSA) is 35.8 Å². The van der Waals surface area contributed by atoms with E-state index in [9.17, 15) is 5.26 Å². The molecule has 0 aromatic rings. The monoisotopic (exact) mass is 254 g/mol. The predicted molar refractivity (Wildman–Crippen MR) is 76.2 cm³/mol. The Labute approximate surface area is 111 Å². The van der Waals surface area contributed by atoms with Crippen LogP contribution in [0.3, 0.4) is 0 Å². The second-order valence-electron chi connectivity index (χ2n) is 5.43. The maximum absolute atomic E-state index is 9.30. The average molecular weight is 254 g/mol. The van der Waals surface area contributed by atoms with Crippen molar-refractivity contribution in [1.82, 2.24) is 5.32 Å². The normalized spacial score (nSPS) is 22.0. The van der Waals surface area contributed by atoms with Gasteiger partial charge in [0.2, 0.25) is 0 Å². The lowest BCUT2D eigenvalue weighted by molar-refractivity contribution is 0.418. The summed E-state index contributed by atoms with van der Waals surface area (Å²) >= 11 is 2.09. The number of nitriles is 1. The van der Waals surface area contributed by atoms with Gasteiger partial charge >= 0.3 is 0 Å². The first-order chi connectivity index (χ1) is 8.09. The second kappa shape index (κ2) is 7.28. The number of thioether (sulfide) groups is 1. The molecule has 0 amide bonds. The van der Waals surface area contributed by atoms with Gasteiger partial charge in [-0.3, -0.25) is 5.32 Å². The fraction of sp³-hybridized carbons (Fsp3) is 0.929. The van der Waals surface area contributed by atoms with Crippen molar-refractivity contribution in [1.29, 1.82) is 5.26 Å². The smallest absolute Gasteiger partial charge is 0.104 e. The Morgan fingerprint density at radius 1 is 1.47 bits per heavy atom. The maximum atomic E-state index is 9.30. The average Bonchev–Trinajstić information content (AvgIpc) is 2.79. The van der Waals surface area contributed by atoms with E-state index in [1.165, 1.54) is 25.7 Å². The largest absolute Gasteiger partial charge is 0.300 e. The lowest BCUT2D eigenvalue weighted by Crippen LogP contribution is -2.43. The van der Waals surface area contributed by atoms with Gasteiger partial charge in [0.05, 0.1) is 6.07 Å². The quantitative estimate of drug-likeness (QED) is 0.752. The minimum atomic E-state index is -0.346. The van der Waals surface area contributed by atoms with Crippen LogP contribution in [0.2, 0.25) is 0 Å². The highest BCUT2D eigenvalue weighted by atomic mass is 32.2. The highest BCUT2D eigenvalue weighted by molar-refractivity contribution is 8.00. The summed E-state index contributed by atoms with van der Waals surface area (Å²) in [5, 5.41) is 14.1. The lowest BCUT2D eigenvalue weighted by atomic mass is 9.98. The molecule has 0 aromatic heterocycles. The Hall–Kier alpha value is -0.200. The zero-order chi connectivity index (χ0) is 12.7. The highest BCUT2D eigenvalue weighted by Gasteiger charge is 2.27. The molecule has 1 fully saturated rings. The molecular weight excluding hydrogens is 228 g/mol. The van der Waals surface area contributed by atoms with E-state index >= 15 is 0 Å². The molecule has 1 aliphatic carbocycles. The molecule has 0 radical (unpaired) electrons. The van der Waals surface area contributed by atoms with E-state index in [-0.39, 0.29) is 5.54 Å². The predicted octanol–water partition coefficient (Wildman–Crippen LogP) is 3.72. The molecule has 17 heavy (non-hydrogen) atoms. The van der Waals surface area contributed by atoms with Crippen LogP contribution in [0.1, 0.15) is 59.3 Å². The van der Waals surface area contributed by atoms with E-state index in [1.807, 2.05) is 6.92 Å². The molecule has 1 N–H and O–H groups in total. The van der Waals surface area contributed by atoms with Crippen LogP contribution < -0.4 is 5.32 Å². The highest BCUT2D eigenvalue weighted by Crippen LogP contribution is 2.34. The van der Waals surface area contributed by atoms with Crippen molar-refractivity contribution in [2.24, 2.45) is 0 Å². The van der Waals surface area contributed by atoms with Gasteiger partial charge in [0.1, 0.15) is 5.54 Å². The SMILES string of the molecule is CCCNC(C)(C#N)CC(C)SC1CCCC1. The van der Waals surface area contributed by atoms with Crippen LogP contribution in [-0.4, -0.2) is 22.6 Å². The third-order valence-corrected chi connectivity index (χ3v) is 4.92. The number of hydrogen-bond donors (Lipinski definition) is 1. The second-order valence-corrected chi connectivity index (χ2v) is 7.17. The van der Waals surface area contributed by atoms with Gasteiger partial charge in [-0.2, -0.15) is 17.0 Å². The zero-order valence-corrected chi connectivity index (χ0v) is 12.3. The molecule has 0 aromatic carbocycles.